The van der Waals surface area contributed by atoms with Crippen molar-refractivity contribution in [3.63, 3.8) is 0 Å². The van der Waals surface area contributed by atoms with Crippen LogP contribution >= 0.6 is 0 Å². The molecule has 23 heavy (non-hydrogen) atoms. The lowest BCUT2D eigenvalue weighted by molar-refractivity contribution is -0.141. The van der Waals surface area contributed by atoms with Crippen molar-refractivity contribution in [1.82, 2.24) is 9.71 Å². The number of hydrogen-bond acceptors (Lipinski definition) is 4. The van der Waals surface area contributed by atoms with Gasteiger partial charge in [-0.25, -0.2) is 18.1 Å². The molecule has 0 unspecified atom stereocenters. The summed E-state index contributed by atoms with van der Waals surface area (Å²) in [5, 5.41) is -0.496. The van der Waals surface area contributed by atoms with Gasteiger partial charge in [0.1, 0.15) is 0 Å². The number of benzene rings is 1. The molecule has 1 aromatic carbocycles. The molecule has 0 aliphatic heterocycles. The van der Waals surface area contributed by atoms with E-state index in [1.807, 2.05) is 0 Å². The maximum Gasteiger partial charge on any atom is 0.390 e. The lowest BCUT2D eigenvalue weighted by atomic mass is 10.2. The van der Waals surface area contributed by atoms with Gasteiger partial charge in [0, 0.05) is 11.1 Å². The van der Waals surface area contributed by atoms with Gasteiger partial charge in [0.15, 0.2) is 0 Å². The zero-order chi connectivity index (χ0) is 16.7. The summed E-state index contributed by atoms with van der Waals surface area (Å²) in [5.74, 6) is 0.0895. The molecule has 2 aromatic rings. The molecule has 0 amide bonds. The van der Waals surface area contributed by atoms with Crippen molar-refractivity contribution in [2.45, 2.75) is 36.1 Å². The second-order valence-corrected chi connectivity index (χ2v) is 7.14. The van der Waals surface area contributed by atoms with Crippen LogP contribution in [-0.4, -0.2) is 25.1 Å². The standard InChI is InChI=1S/C14H13F3N2O3S/c15-14(16,17)9-13(6-7-13)19-23(20,21)11-8-18-12(22-11)10-4-2-1-3-5-10/h1-5,8,19H,6-7,9H2. The van der Waals surface area contributed by atoms with Gasteiger partial charge >= 0.3 is 6.18 Å². The molecule has 1 fully saturated rings. The average molecular weight is 346 g/mol. The summed E-state index contributed by atoms with van der Waals surface area (Å²) in [4.78, 5) is 3.87. The van der Waals surface area contributed by atoms with Crippen LogP contribution in [0.25, 0.3) is 11.5 Å². The van der Waals surface area contributed by atoms with Crippen molar-refractivity contribution < 1.29 is 26.0 Å². The molecule has 0 radical (unpaired) electrons. The van der Waals surface area contributed by atoms with E-state index in [4.69, 9.17) is 4.42 Å². The van der Waals surface area contributed by atoms with E-state index >= 15 is 0 Å². The Morgan fingerprint density at radius 1 is 1.22 bits per heavy atom. The molecular formula is C14H13F3N2O3S. The molecule has 1 saturated carbocycles. The van der Waals surface area contributed by atoms with Crippen LogP contribution in [-0.2, 0) is 10.0 Å². The van der Waals surface area contributed by atoms with Crippen molar-refractivity contribution >= 4 is 10.0 Å². The zero-order valence-corrected chi connectivity index (χ0v) is 12.6. The van der Waals surface area contributed by atoms with Gasteiger partial charge in [-0.15, -0.1) is 0 Å². The number of nitrogens with zero attached hydrogens (tertiary/aromatic N) is 1. The van der Waals surface area contributed by atoms with Crippen LogP contribution in [0.2, 0.25) is 0 Å². The Labute approximate surface area is 130 Å². The second-order valence-electron chi connectivity index (χ2n) is 5.53. The highest BCUT2D eigenvalue weighted by Crippen LogP contribution is 2.45. The van der Waals surface area contributed by atoms with Crippen LogP contribution in [0.15, 0.2) is 46.0 Å². The van der Waals surface area contributed by atoms with E-state index in [1.165, 1.54) is 0 Å². The fourth-order valence-electron chi connectivity index (χ4n) is 2.28. The normalized spacial score (nSPS) is 17.2. The number of hydrogen-bond donors (Lipinski definition) is 1. The minimum atomic E-state index is -4.43. The topological polar surface area (TPSA) is 72.2 Å². The summed E-state index contributed by atoms with van der Waals surface area (Å²) in [5.41, 5.74) is -0.887. The molecule has 1 N–H and O–H groups in total. The van der Waals surface area contributed by atoms with Gasteiger partial charge in [-0.2, -0.15) is 13.2 Å². The quantitative estimate of drug-likeness (QED) is 0.903. The number of aromatic nitrogens is 1. The molecule has 1 aliphatic rings. The Bertz CT molecular complexity index is 796. The lowest BCUT2D eigenvalue weighted by Crippen LogP contribution is -2.39. The Morgan fingerprint density at radius 3 is 2.43 bits per heavy atom. The Kier molecular flexibility index (Phi) is 3.72. The summed E-state index contributed by atoms with van der Waals surface area (Å²) in [6.07, 6.45) is -4.35. The molecule has 0 atom stereocenters. The molecule has 124 valence electrons. The number of alkyl halides is 3. The molecule has 9 heteroatoms. The largest absolute Gasteiger partial charge is 0.423 e. The fraction of sp³-hybridized carbons (Fsp3) is 0.357. The number of sulfonamides is 1. The summed E-state index contributed by atoms with van der Waals surface area (Å²) in [6.45, 7) is 0. The van der Waals surface area contributed by atoms with E-state index in [0.717, 1.165) is 6.20 Å². The number of oxazole rings is 1. The molecule has 1 heterocycles. The van der Waals surface area contributed by atoms with Gasteiger partial charge in [0.2, 0.25) is 5.89 Å². The highest BCUT2D eigenvalue weighted by atomic mass is 32.2. The van der Waals surface area contributed by atoms with Crippen molar-refractivity contribution in [2.24, 2.45) is 0 Å². The molecule has 0 spiro atoms. The van der Waals surface area contributed by atoms with E-state index in [9.17, 15) is 21.6 Å². The maximum atomic E-state index is 12.5. The van der Waals surface area contributed by atoms with Gasteiger partial charge in [-0.1, -0.05) is 18.2 Å². The van der Waals surface area contributed by atoms with Gasteiger partial charge in [0.25, 0.3) is 15.1 Å². The average Bonchev–Trinajstić information content (AvgIpc) is 3.01. The predicted octanol–water partition coefficient (Wildman–Crippen LogP) is 3.10. The minimum absolute atomic E-state index is 0.0895. The first-order valence-electron chi connectivity index (χ1n) is 6.81. The Morgan fingerprint density at radius 2 is 1.87 bits per heavy atom. The summed E-state index contributed by atoms with van der Waals surface area (Å²) < 4.78 is 69.3. The second kappa shape index (κ2) is 5.34. The molecule has 1 aromatic heterocycles. The monoisotopic (exact) mass is 346 g/mol. The van der Waals surface area contributed by atoms with Crippen LogP contribution in [0, 0.1) is 0 Å². The highest BCUT2D eigenvalue weighted by molar-refractivity contribution is 7.89. The van der Waals surface area contributed by atoms with Gasteiger partial charge in [-0.05, 0) is 25.0 Å². The van der Waals surface area contributed by atoms with Gasteiger partial charge < -0.3 is 4.42 Å². The molecule has 0 saturated heterocycles. The third-order valence-corrected chi connectivity index (χ3v) is 4.93. The number of nitrogens with one attached hydrogen (secondary N) is 1. The van der Waals surface area contributed by atoms with Gasteiger partial charge in [0.05, 0.1) is 12.6 Å². The van der Waals surface area contributed by atoms with E-state index < -0.39 is 33.3 Å². The molecule has 0 bridgehead atoms. The van der Waals surface area contributed by atoms with Crippen molar-refractivity contribution in [3.8, 4) is 11.5 Å². The molecule has 3 rings (SSSR count). The summed E-state index contributed by atoms with van der Waals surface area (Å²) >= 11 is 0. The maximum absolute atomic E-state index is 12.5. The Hall–Kier alpha value is -1.87. The van der Waals surface area contributed by atoms with Crippen molar-refractivity contribution in [1.29, 1.82) is 0 Å². The third-order valence-electron chi connectivity index (χ3n) is 3.51. The van der Waals surface area contributed by atoms with Crippen LogP contribution in [0.5, 0.6) is 0 Å². The number of halogens is 3. The van der Waals surface area contributed by atoms with Crippen LogP contribution in [0.4, 0.5) is 13.2 Å². The number of rotatable bonds is 5. The van der Waals surface area contributed by atoms with E-state index in [0.29, 0.717) is 5.56 Å². The first-order valence-corrected chi connectivity index (χ1v) is 8.30. The van der Waals surface area contributed by atoms with E-state index in [-0.39, 0.29) is 18.7 Å². The highest BCUT2D eigenvalue weighted by Gasteiger charge is 2.53. The lowest BCUT2D eigenvalue weighted by Gasteiger charge is -2.17. The molecular weight excluding hydrogens is 333 g/mol. The van der Waals surface area contributed by atoms with Crippen LogP contribution in [0.3, 0.4) is 0 Å². The fourth-order valence-corrected chi connectivity index (χ4v) is 3.61. The SMILES string of the molecule is O=S(=O)(NC1(CC(F)(F)F)CC1)c1cnc(-c2ccccc2)o1. The predicted molar refractivity (Wildman–Crippen MR) is 74.9 cm³/mol. The third kappa shape index (κ3) is 3.73. The summed E-state index contributed by atoms with van der Waals surface area (Å²) in [6, 6.07) is 8.60. The zero-order valence-electron chi connectivity index (χ0n) is 11.8. The van der Waals surface area contributed by atoms with Crippen LogP contribution < -0.4 is 4.72 Å². The van der Waals surface area contributed by atoms with E-state index in [2.05, 4.69) is 9.71 Å². The van der Waals surface area contributed by atoms with Crippen molar-refractivity contribution in [3.05, 3.63) is 36.5 Å². The van der Waals surface area contributed by atoms with Gasteiger partial charge in [-0.3, -0.25) is 0 Å². The first kappa shape index (κ1) is 16.0. The Balaban J connectivity index is 1.80. The van der Waals surface area contributed by atoms with Crippen LogP contribution in [0.1, 0.15) is 19.3 Å². The first-order chi connectivity index (χ1) is 10.7. The van der Waals surface area contributed by atoms with E-state index in [1.54, 1.807) is 30.3 Å². The summed E-state index contributed by atoms with van der Waals surface area (Å²) in [7, 11) is -4.19. The molecule has 1 aliphatic carbocycles. The minimum Gasteiger partial charge on any atom is -0.423 e. The smallest absolute Gasteiger partial charge is 0.390 e. The van der Waals surface area contributed by atoms with Crippen molar-refractivity contribution in [2.75, 3.05) is 0 Å². The molecule has 5 nitrogen and oxygen atoms in total.